The van der Waals surface area contributed by atoms with Crippen LogP contribution in [0.15, 0.2) is 90.1 Å². The lowest BCUT2D eigenvalue weighted by Gasteiger charge is -2.31. The highest BCUT2D eigenvalue weighted by Gasteiger charge is 2.40. The molecule has 0 aliphatic carbocycles. The van der Waals surface area contributed by atoms with Crippen molar-refractivity contribution in [1.82, 2.24) is 36.5 Å². The van der Waals surface area contributed by atoms with E-state index in [0.29, 0.717) is 23.1 Å². The number of nitrogens with zero attached hydrogens (tertiary/aromatic N) is 2. The van der Waals surface area contributed by atoms with Gasteiger partial charge in [-0.1, -0.05) is 74.5 Å². The van der Waals surface area contributed by atoms with Crippen molar-refractivity contribution < 1.29 is 38.7 Å². The van der Waals surface area contributed by atoms with Gasteiger partial charge in [-0.3, -0.25) is 38.6 Å². The summed E-state index contributed by atoms with van der Waals surface area (Å²) in [7, 11) is 0. The highest BCUT2D eigenvalue weighted by atomic mass is 16.3. The second-order valence-electron chi connectivity index (χ2n) is 17.3. The van der Waals surface area contributed by atoms with Gasteiger partial charge in [0.15, 0.2) is 5.96 Å². The van der Waals surface area contributed by atoms with Crippen molar-refractivity contribution in [3.8, 4) is 5.75 Å². The van der Waals surface area contributed by atoms with Crippen LogP contribution in [0.25, 0.3) is 10.9 Å². The SMILES string of the molecule is CC(=O)N[C@@H](Cc1ccc(O)cc1)C(=O)N[C@@H](Cc1ccccc1)C(=O)N[C@@H](Cc1c[nH]c2ccccc12)C(=O)N1CCC[C@H]1C(=O)N[C@@H](CCCN=C(N)N)C(=O)N[C@@H](CC(C)C)C(N)=O. The van der Waals surface area contributed by atoms with Gasteiger partial charge in [-0.25, -0.2) is 0 Å². The number of hydrogen-bond donors (Lipinski definition) is 10. The summed E-state index contributed by atoms with van der Waals surface area (Å²) < 4.78 is 0. The predicted octanol–water partition coefficient (Wildman–Crippen LogP) is 0.921. The third-order valence-corrected chi connectivity index (χ3v) is 11.5. The van der Waals surface area contributed by atoms with E-state index in [1.54, 1.807) is 42.6 Å². The number of aromatic nitrogens is 1. The van der Waals surface area contributed by atoms with E-state index in [-0.39, 0.29) is 75.7 Å². The maximum Gasteiger partial charge on any atom is 0.246 e. The number of carbonyl (C=O) groups is 7. The highest BCUT2D eigenvalue weighted by molar-refractivity contribution is 5.98. The number of guanidine groups is 1. The molecule has 1 aromatic heterocycles. The Hall–Kier alpha value is -7.44. The van der Waals surface area contributed by atoms with E-state index in [1.807, 2.05) is 44.2 Å². The summed E-state index contributed by atoms with van der Waals surface area (Å²) in [5.41, 5.74) is 19.5. The number of H-pyrrole nitrogens is 1. The lowest BCUT2D eigenvalue weighted by atomic mass is 10.00. The van der Waals surface area contributed by atoms with Gasteiger partial charge in [0.2, 0.25) is 41.4 Å². The van der Waals surface area contributed by atoms with Crippen molar-refractivity contribution in [1.29, 1.82) is 0 Å². The minimum Gasteiger partial charge on any atom is -0.508 e. The fraction of sp³-hybridized carbons (Fsp3) is 0.417. The largest absolute Gasteiger partial charge is 0.508 e. The summed E-state index contributed by atoms with van der Waals surface area (Å²) in [6.45, 7) is 5.35. The molecular weight excluding hydrogens is 859 g/mol. The molecule has 0 radical (unpaired) electrons. The molecule has 6 atom stereocenters. The zero-order chi connectivity index (χ0) is 48.6. The molecule has 19 heteroatoms. The van der Waals surface area contributed by atoms with E-state index in [4.69, 9.17) is 17.2 Å². The molecule has 19 nitrogen and oxygen atoms in total. The summed E-state index contributed by atoms with van der Waals surface area (Å²) in [6.07, 6.45) is 3.17. The molecule has 13 N–H and O–H groups in total. The number of phenols is 1. The van der Waals surface area contributed by atoms with Crippen molar-refractivity contribution in [3.63, 3.8) is 0 Å². The maximum absolute atomic E-state index is 14.9. The van der Waals surface area contributed by atoms with Crippen LogP contribution in [0.5, 0.6) is 5.75 Å². The molecule has 1 fully saturated rings. The summed E-state index contributed by atoms with van der Waals surface area (Å²) >= 11 is 0. The summed E-state index contributed by atoms with van der Waals surface area (Å²) in [5.74, 6) is -4.46. The first-order valence-electron chi connectivity index (χ1n) is 22.5. The zero-order valence-corrected chi connectivity index (χ0v) is 38.1. The number of para-hydroxylation sites is 1. The van der Waals surface area contributed by atoms with Crippen LogP contribution in [0.2, 0.25) is 0 Å². The Labute approximate surface area is 389 Å². The van der Waals surface area contributed by atoms with Gasteiger partial charge in [-0.2, -0.15) is 0 Å². The number of aromatic hydroxyl groups is 1. The lowest BCUT2D eigenvalue weighted by molar-refractivity contribution is -0.142. The Morgan fingerprint density at radius 1 is 0.731 bits per heavy atom. The van der Waals surface area contributed by atoms with E-state index >= 15 is 0 Å². The minimum atomic E-state index is -1.25. The van der Waals surface area contributed by atoms with Crippen LogP contribution in [0.4, 0.5) is 0 Å². The molecule has 1 aliphatic heterocycles. The molecule has 0 unspecified atom stereocenters. The van der Waals surface area contributed by atoms with Gasteiger partial charge >= 0.3 is 0 Å². The number of aromatic amines is 1. The Bertz CT molecular complexity index is 2380. The average molecular weight is 922 g/mol. The number of nitrogens with two attached hydrogens (primary N) is 3. The van der Waals surface area contributed by atoms with E-state index in [2.05, 4.69) is 36.6 Å². The number of hydrogen-bond acceptors (Lipinski definition) is 9. The van der Waals surface area contributed by atoms with Crippen molar-refractivity contribution >= 4 is 58.2 Å². The molecule has 4 aromatic rings. The molecule has 1 aliphatic rings. The van der Waals surface area contributed by atoms with Crippen LogP contribution in [0.3, 0.4) is 0 Å². The number of amides is 7. The van der Waals surface area contributed by atoms with E-state index in [1.165, 1.54) is 24.0 Å². The van der Waals surface area contributed by atoms with Crippen molar-refractivity contribution in [3.05, 3.63) is 102 Å². The molecule has 3 aromatic carbocycles. The number of primary amides is 1. The molecule has 1 saturated heterocycles. The third-order valence-electron chi connectivity index (χ3n) is 11.5. The summed E-state index contributed by atoms with van der Waals surface area (Å²) in [4.78, 5) is 105. The molecule has 0 saturated carbocycles. The smallest absolute Gasteiger partial charge is 0.246 e. The van der Waals surface area contributed by atoms with E-state index in [9.17, 15) is 38.7 Å². The number of likely N-dealkylation sites (tertiary alicyclic amines) is 1. The maximum atomic E-state index is 14.9. The fourth-order valence-electron chi connectivity index (χ4n) is 8.18. The van der Waals surface area contributed by atoms with Gasteiger partial charge < -0.3 is 58.8 Å². The topological polar surface area (TPSA) is 309 Å². The lowest BCUT2D eigenvalue weighted by Crippen LogP contribution is -2.60. The molecular formula is C48H63N11O8. The second-order valence-corrected chi connectivity index (χ2v) is 17.3. The van der Waals surface area contributed by atoms with Crippen LogP contribution in [0.1, 0.15) is 69.6 Å². The van der Waals surface area contributed by atoms with Gasteiger partial charge in [0.05, 0.1) is 0 Å². The average Bonchev–Trinajstić information content (AvgIpc) is 3.95. The van der Waals surface area contributed by atoms with Crippen LogP contribution in [0, 0.1) is 5.92 Å². The molecule has 7 amide bonds. The molecule has 358 valence electrons. The summed E-state index contributed by atoms with van der Waals surface area (Å²) in [6, 6.07) is 15.9. The van der Waals surface area contributed by atoms with Gasteiger partial charge in [-0.15, -0.1) is 0 Å². The number of phenolic OH excluding ortho intramolecular Hbond substituents is 1. The van der Waals surface area contributed by atoms with Gasteiger partial charge in [0, 0.05) is 56.4 Å². The first-order chi connectivity index (χ1) is 32.0. The van der Waals surface area contributed by atoms with E-state index < -0.39 is 77.6 Å². The minimum absolute atomic E-state index is 0.000970. The van der Waals surface area contributed by atoms with Crippen molar-refractivity contribution in [2.75, 3.05) is 13.1 Å². The van der Waals surface area contributed by atoms with Crippen molar-refractivity contribution in [2.45, 2.75) is 108 Å². The van der Waals surface area contributed by atoms with Crippen LogP contribution < -0.4 is 43.8 Å². The Balaban J connectivity index is 1.43. The van der Waals surface area contributed by atoms with E-state index in [0.717, 1.165) is 10.9 Å². The first-order valence-corrected chi connectivity index (χ1v) is 22.5. The van der Waals surface area contributed by atoms with Gasteiger partial charge in [0.25, 0.3) is 0 Å². The monoisotopic (exact) mass is 921 g/mol. The molecule has 67 heavy (non-hydrogen) atoms. The number of nitrogens with one attached hydrogen (secondary N) is 6. The number of aliphatic imine (C=N–C) groups is 1. The normalized spacial score (nSPS) is 15.6. The molecule has 2 heterocycles. The quantitative estimate of drug-likeness (QED) is 0.0285. The Morgan fingerprint density at radius 3 is 1.97 bits per heavy atom. The molecule has 5 rings (SSSR count). The number of benzene rings is 3. The van der Waals surface area contributed by atoms with Crippen LogP contribution in [-0.2, 0) is 52.8 Å². The first kappa shape index (κ1) is 50.6. The standard InChI is InChI=1S/C48H63N11O8/c1-28(2)23-37(42(49)62)56-43(63)36(15-9-21-52-48(50)51)55-46(66)41-16-10-22-59(41)47(67)40(26-32-27-53-35-14-8-7-13-34(32)35)58-45(65)39(24-30-11-5-4-6-12-30)57-44(64)38(54-29(3)60)25-31-17-19-33(61)20-18-31/h4-8,11-14,17-20,27-28,36-41,53,61H,9-10,15-16,21-26H2,1-3H3,(H2,49,62)(H,54,60)(H,55,66)(H,56,63)(H,57,64)(H,58,65)(H4,50,51,52)/t36-,37-,38-,39-,40-,41-/m0/s1. The second kappa shape index (κ2) is 24.2. The Kier molecular flexibility index (Phi) is 18.3. The summed E-state index contributed by atoms with van der Waals surface area (Å²) in [5, 5.41) is 24.5. The zero-order valence-electron chi connectivity index (χ0n) is 38.1. The highest BCUT2D eigenvalue weighted by Crippen LogP contribution is 2.24. The van der Waals surface area contributed by atoms with Gasteiger partial charge in [-0.05, 0) is 72.9 Å². The van der Waals surface area contributed by atoms with Crippen molar-refractivity contribution in [2.24, 2.45) is 28.1 Å². The van der Waals surface area contributed by atoms with Gasteiger partial charge in [0.1, 0.15) is 42.0 Å². The molecule has 0 bridgehead atoms. The number of carbonyl (C=O) groups excluding carboxylic acids is 7. The van der Waals surface area contributed by atoms with Crippen LogP contribution in [-0.4, -0.2) is 112 Å². The number of fused-ring (bicyclic) bond motifs is 1. The van der Waals surface area contributed by atoms with Crippen LogP contribution >= 0.6 is 0 Å². The predicted molar refractivity (Wildman–Crippen MR) is 253 cm³/mol. The fourth-order valence-corrected chi connectivity index (χ4v) is 8.18. The molecule has 0 spiro atoms. The number of rotatable bonds is 23. The third kappa shape index (κ3) is 15.1. The Morgan fingerprint density at radius 2 is 1.33 bits per heavy atom.